The van der Waals surface area contributed by atoms with Gasteiger partial charge in [0.15, 0.2) is 11.5 Å². The summed E-state index contributed by atoms with van der Waals surface area (Å²) in [5.41, 5.74) is 0.584. The molecule has 192 valence electrons. The Bertz CT molecular complexity index is 1250. The maximum absolute atomic E-state index is 14.0. The van der Waals surface area contributed by atoms with E-state index in [0.717, 1.165) is 0 Å². The standard InChI is InChI=1S/C25H28BrFN4O5/c1-25(2,3)36-24(32)31-7-8-34-16(12-31)13-35-22-11-20-17(10-21(22)33-4)23(29-14-28-20)30-15-5-6-18(26)19(27)9-15/h5-6,9-11,14,16H,7-8,12-13H2,1-4H3,(H,28,29,30). The van der Waals surface area contributed by atoms with Gasteiger partial charge >= 0.3 is 6.09 Å². The number of methoxy groups -OCH3 is 1. The molecule has 9 nitrogen and oxygen atoms in total. The normalized spacial score (nSPS) is 16.1. The van der Waals surface area contributed by atoms with Crippen molar-refractivity contribution in [2.45, 2.75) is 32.5 Å². The van der Waals surface area contributed by atoms with Gasteiger partial charge in [0.05, 0.1) is 30.3 Å². The number of benzene rings is 2. The molecule has 1 aromatic heterocycles. The molecule has 3 aromatic rings. The van der Waals surface area contributed by atoms with Gasteiger partial charge in [-0.1, -0.05) is 0 Å². The smallest absolute Gasteiger partial charge is 0.410 e. The highest BCUT2D eigenvalue weighted by atomic mass is 79.9. The third-order valence-corrected chi connectivity index (χ3v) is 5.96. The van der Waals surface area contributed by atoms with E-state index in [1.807, 2.05) is 20.8 Å². The van der Waals surface area contributed by atoms with Crippen molar-refractivity contribution in [2.75, 3.05) is 38.7 Å². The molecule has 1 aliphatic heterocycles. The van der Waals surface area contributed by atoms with Crippen molar-refractivity contribution >= 4 is 44.4 Å². The molecule has 0 bridgehead atoms. The number of carbonyl (C=O) groups is 1. The molecule has 36 heavy (non-hydrogen) atoms. The summed E-state index contributed by atoms with van der Waals surface area (Å²) in [6, 6.07) is 8.23. The highest BCUT2D eigenvalue weighted by molar-refractivity contribution is 9.10. The number of nitrogens with zero attached hydrogens (tertiary/aromatic N) is 3. The van der Waals surface area contributed by atoms with E-state index in [4.69, 9.17) is 18.9 Å². The summed E-state index contributed by atoms with van der Waals surface area (Å²) < 4.78 is 37.2. The molecule has 2 heterocycles. The molecular weight excluding hydrogens is 535 g/mol. The van der Waals surface area contributed by atoms with Crippen molar-refractivity contribution in [3.63, 3.8) is 0 Å². The minimum Gasteiger partial charge on any atom is -0.493 e. The first-order valence-corrected chi connectivity index (χ1v) is 12.2. The number of aromatic nitrogens is 2. The van der Waals surface area contributed by atoms with Crippen LogP contribution in [0.3, 0.4) is 0 Å². The van der Waals surface area contributed by atoms with E-state index in [1.54, 1.807) is 29.2 Å². The fourth-order valence-electron chi connectivity index (χ4n) is 3.64. The van der Waals surface area contributed by atoms with Crippen molar-refractivity contribution in [3.05, 3.63) is 46.9 Å². The highest BCUT2D eigenvalue weighted by Crippen LogP contribution is 2.35. The fourth-order valence-corrected chi connectivity index (χ4v) is 3.89. The van der Waals surface area contributed by atoms with Crippen LogP contribution in [-0.4, -0.2) is 66.1 Å². The SMILES string of the molecule is COc1cc2c(Nc3ccc(Br)c(F)c3)ncnc2cc1OCC1CN(C(=O)OC(C)(C)C)CCO1. The van der Waals surface area contributed by atoms with Gasteiger partial charge < -0.3 is 29.2 Å². The summed E-state index contributed by atoms with van der Waals surface area (Å²) in [6.07, 6.45) is 0.710. The monoisotopic (exact) mass is 562 g/mol. The molecule has 4 rings (SSSR count). The number of hydrogen-bond donors (Lipinski definition) is 1. The van der Waals surface area contributed by atoms with E-state index in [-0.39, 0.29) is 24.6 Å². The van der Waals surface area contributed by atoms with E-state index in [9.17, 15) is 9.18 Å². The van der Waals surface area contributed by atoms with Gasteiger partial charge in [-0.2, -0.15) is 0 Å². The lowest BCUT2D eigenvalue weighted by Crippen LogP contribution is -2.49. The van der Waals surface area contributed by atoms with Gasteiger partial charge in [-0.25, -0.2) is 19.2 Å². The Morgan fingerprint density at radius 2 is 2.06 bits per heavy atom. The molecule has 11 heteroatoms. The van der Waals surface area contributed by atoms with Crippen LogP contribution in [0.1, 0.15) is 20.8 Å². The molecule has 1 atom stereocenters. The van der Waals surface area contributed by atoms with Gasteiger partial charge in [0.25, 0.3) is 0 Å². The molecule has 1 aliphatic rings. The minimum absolute atomic E-state index is 0.204. The number of rotatable bonds is 6. The minimum atomic E-state index is -0.569. The summed E-state index contributed by atoms with van der Waals surface area (Å²) in [6.45, 7) is 6.90. The molecule has 1 unspecified atom stereocenters. The van der Waals surface area contributed by atoms with Crippen LogP contribution < -0.4 is 14.8 Å². The summed E-state index contributed by atoms with van der Waals surface area (Å²) in [5.74, 6) is 1.06. The van der Waals surface area contributed by atoms with E-state index >= 15 is 0 Å². The van der Waals surface area contributed by atoms with Gasteiger partial charge in [-0.05, 0) is 61.0 Å². The lowest BCUT2D eigenvalue weighted by Gasteiger charge is -2.34. The highest BCUT2D eigenvalue weighted by Gasteiger charge is 2.28. The number of halogens is 2. The van der Waals surface area contributed by atoms with Gasteiger partial charge in [0.2, 0.25) is 0 Å². The Morgan fingerprint density at radius 3 is 2.78 bits per heavy atom. The molecule has 1 saturated heterocycles. The second-order valence-electron chi connectivity index (χ2n) is 9.23. The second kappa shape index (κ2) is 10.8. The van der Waals surface area contributed by atoms with E-state index in [0.29, 0.717) is 58.1 Å². The average molecular weight is 563 g/mol. The lowest BCUT2D eigenvalue weighted by atomic mass is 10.2. The summed E-state index contributed by atoms with van der Waals surface area (Å²) in [5, 5.41) is 3.80. The zero-order valence-electron chi connectivity index (χ0n) is 20.5. The Hall–Kier alpha value is -3.18. The maximum Gasteiger partial charge on any atom is 0.410 e. The molecule has 0 spiro atoms. The van der Waals surface area contributed by atoms with Crippen LogP contribution in [0.4, 0.5) is 20.7 Å². The maximum atomic E-state index is 14.0. The molecule has 1 amide bonds. The molecule has 0 saturated carbocycles. The summed E-state index contributed by atoms with van der Waals surface area (Å²) in [4.78, 5) is 22.7. The van der Waals surface area contributed by atoms with Crippen LogP contribution in [-0.2, 0) is 9.47 Å². The number of hydrogen-bond acceptors (Lipinski definition) is 8. The second-order valence-corrected chi connectivity index (χ2v) is 10.1. The Kier molecular flexibility index (Phi) is 7.79. The predicted octanol–water partition coefficient (Wildman–Crippen LogP) is 5.30. The van der Waals surface area contributed by atoms with Crippen LogP contribution in [0.25, 0.3) is 10.9 Å². The van der Waals surface area contributed by atoms with E-state index in [2.05, 4.69) is 31.2 Å². The van der Waals surface area contributed by atoms with Gasteiger partial charge in [-0.3, -0.25) is 0 Å². The first-order valence-electron chi connectivity index (χ1n) is 11.4. The molecular formula is C25H28BrFN4O5. The quantitative estimate of drug-likeness (QED) is 0.432. The fraction of sp³-hybridized carbons (Fsp3) is 0.400. The first-order chi connectivity index (χ1) is 17.1. The number of carbonyl (C=O) groups excluding carboxylic acids is 1. The third kappa shape index (κ3) is 6.33. The number of nitrogens with one attached hydrogen (secondary N) is 1. The Labute approximate surface area is 217 Å². The van der Waals surface area contributed by atoms with Crippen molar-refractivity contribution in [1.29, 1.82) is 0 Å². The number of amides is 1. The lowest BCUT2D eigenvalue weighted by molar-refractivity contribution is -0.0558. The number of fused-ring (bicyclic) bond motifs is 1. The molecule has 2 aromatic carbocycles. The molecule has 0 radical (unpaired) electrons. The van der Waals surface area contributed by atoms with Crippen molar-refractivity contribution in [3.8, 4) is 11.5 Å². The summed E-state index contributed by atoms with van der Waals surface area (Å²) in [7, 11) is 1.54. The van der Waals surface area contributed by atoms with E-state index < -0.39 is 5.60 Å². The molecule has 1 N–H and O–H groups in total. The topological polar surface area (TPSA) is 95.0 Å². The summed E-state index contributed by atoms with van der Waals surface area (Å²) >= 11 is 3.15. The van der Waals surface area contributed by atoms with Crippen molar-refractivity contribution in [1.82, 2.24) is 14.9 Å². The van der Waals surface area contributed by atoms with Gasteiger partial charge in [0, 0.05) is 23.7 Å². The number of morpholine rings is 1. The van der Waals surface area contributed by atoms with Gasteiger partial charge in [-0.15, -0.1) is 0 Å². The van der Waals surface area contributed by atoms with Crippen LogP contribution in [0.2, 0.25) is 0 Å². The predicted molar refractivity (Wildman–Crippen MR) is 137 cm³/mol. The zero-order chi connectivity index (χ0) is 25.9. The third-order valence-electron chi connectivity index (χ3n) is 5.32. The number of ether oxygens (including phenoxy) is 4. The van der Waals surface area contributed by atoms with Crippen LogP contribution in [0, 0.1) is 5.82 Å². The van der Waals surface area contributed by atoms with Crippen LogP contribution >= 0.6 is 15.9 Å². The van der Waals surface area contributed by atoms with Crippen LogP contribution in [0.15, 0.2) is 41.1 Å². The van der Waals surface area contributed by atoms with E-state index in [1.165, 1.54) is 19.5 Å². The van der Waals surface area contributed by atoms with Crippen molar-refractivity contribution in [2.24, 2.45) is 0 Å². The zero-order valence-corrected chi connectivity index (χ0v) is 22.1. The Balaban J connectivity index is 1.49. The average Bonchev–Trinajstić information content (AvgIpc) is 2.84. The van der Waals surface area contributed by atoms with Crippen molar-refractivity contribution < 1.29 is 28.1 Å². The first kappa shape index (κ1) is 25.9. The Morgan fingerprint density at radius 1 is 1.25 bits per heavy atom. The van der Waals surface area contributed by atoms with Crippen LogP contribution in [0.5, 0.6) is 11.5 Å². The van der Waals surface area contributed by atoms with Gasteiger partial charge in [0.1, 0.15) is 36.3 Å². The molecule has 1 fully saturated rings. The number of anilines is 2. The molecule has 0 aliphatic carbocycles. The largest absolute Gasteiger partial charge is 0.493 e.